The average molecular weight is 259 g/mol. The highest BCUT2D eigenvalue weighted by Crippen LogP contribution is 2.34. The fraction of sp³-hybridized carbons (Fsp3) is 0.286. The summed E-state index contributed by atoms with van der Waals surface area (Å²) in [6.45, 7) is 1.62. The zero-order valence-corrected chi connectivity index (χ0v) is 11.1. The van der Waals surface area contributed by atoms with E-state index < -0.39 is 12.0 Å². The van der Waals surface area contributed by atoms with Crippen LogP contribution in [0.4, 0.5) is 4.79 Å². The summed E-state index contributed by atoms with van der Waals surface area (Å²) in [7, 11) is 3.14. The summed E-state index contributed by atoms with van der Waals surface area (Å²) in [6.07, 6.45) is 0. The first-order valence-electron chi connectivity index (χ1n) is 5.92. The minimum Gasteiger partial charge on any atom is -0.545 e. The topological polar surface area (TPSA) is 63.7 Å². The zero-order chi connectivity index (χ0) is 14.2. The predicted octanol–water partition coefficient (Wildman–Crippen LogP) is 0.749. The van der Waals surface area contributed by atoms with Crippen molar-refractivity contribution in [3.05, 3.63) is 47.2 Å². The highest BCUT2D eigenvalue weighted by molar-refractivity contribution is 5.92. The number of urea groups is 1. The molecule has 5 heteroatoms. The Kier molecular flexibility index (Phi) is 3.29. The summed E-state index contributed by atoms with van der Waals surface area (Å²) in [5.74, 6) is -1.25. The monoisotopic (exact) mass is 259 g/mol. The normalized spacial score (nSPS) is 19.9. The third-order valence-electron chi connectivity index (χ3n) is 3.48. The van der Waals surface area contributed by atoms with Crippen LogP contribution in [0, 0.1) is 0 Å². The molecule has 1 aliphatic rings. The first-order valence-corrected chi connectivity index (χ1v) is 5.92. The molecule has 0 saturated carbocycles. The second-order valence-corrected chi connectivity index (χ2v) is 4.55. The van der Waals surface area contributed by atoms with Crippen LogP contribution in [-0.2, 0) is 4.79 Å². The van der Waals surface area contributed by atoms with Crippen molar-refractivity contribution in [2.45, 2.75) is 13.0 Å². The van der Waals surface area contributed by atoms with Crippen molar-refractivity contribution < 1.29 is 14.7 Å². The second-order valence-electron chi connectivity index (χ2n) is 4.55. The largest absolute Gasteiger partial charge is 0.545 e. The van der Waals surface area contributed by atoms with Gasteiger partial charge in [0.25, 0.3) is 0 Å². The average Bonchev–Trinajstić information content (AvgIpc) is 2.40. The molecule has 5 nitrogen and oxygen atoms in total. The van der Waals surface area contributed by atoms with Crippen molar-refractivity contribution in [3.63, 3.8) is 0 Å². The van der Waals surface area contributed by atoms with E-state index >= 15 is 0 Å². The quantitative estimate of drug-likeness (QED) is 0.787. The van der Waals surface area contributed by atoms with Gasteiger partial charge in [-0.25, -0.2) is 4.79 Å². The Morgan fingerprint density at radius 3 is 2.32 bits per heavy atom. The van der Waals surface area contributed by atoms with Gasteiger partial charge in [0.1, 0.15) is 0 Å². The Morgan fingerprint density at radius 1 is 1.21 bits per heavy atom. The minimum atomic E-state index is -1.25. The van der Waals surface area contributed by atoms with Gasteiger partial charge in [-0.05, 0) is 12.5 Å². The Balaban J connectivity index is 2.62. The number of carboxylic acids is 1. The summed E-state index contributed by atoms with van der Waals surface area (Å²) in [4.78, 5) is 26.2. The maximum atomic E-state index is 12.1. The highest BCUT2D eigenvalue weighted by atomic mass is 16.4. The molecule has 1 atom stereocenters. The van der Waals surface area contributed by atoms with Gasteiger partial charge in [0.2, 0.25) is 0 Å². The number of benzene rings is 1. The molecule has 0 unspecified atom stereocenters. The van der Waals surface area contributed by atoms with Gasteiger partial charge in [-0.1, -0.05) is 30.3 Å². The molecule has 0 spiro atoms. The van der Waals surface area contributed by atoms with E-state index in [4.69, 9.17) is 0 Å². The molecule has 0 N–H and O–H groups in total. The number of nitrogens with zero attached hydrogens (tertiary/aromatic N) is 2. The van der Waals surface area contributed by atoms with E-state index in [1.807, 2.05) is 18.2 Å². The molecular formula is C14H15N2O3-. The SMILES string of the molecule is CC1=C(C(=O)[O-])[C@@H](c2ccccc2)N(C)C(=O)N1C. The molecule has 0 fully saturated rings. The van der Waals surface area contributed by atoms with E-state index in [-0.39, 0.29) is 11.6 Å². The second kappa shape index (κ2) is 4.76. The molecule has 0 radical (unpaired) electrons. The Hall–Kier alpha value is -2.30. The molecule has 1 aliphatic heterocycles. The van der Waals surface area contributed by atoms with E-state index in [1.54, 1.807) is 33.2 Å². The highest BCUT2D eigenvalue weighted by Gasteiger charge is 2.35. The van der Waals surface area contributed by atoms with Crippen molar-refractivity contribution in [1.82, 2.24) is 9.80 Å². The number of likely N-dealkylation sites (N-methyl/N-ethyl adjacent to an activating group) is 1. The van der Waals surface area contributed by atoms with E-state index in [0.29, 0.717) is 5.70 Å². The van der Waals surface area contributed by atoms with Crippen LogP contribution in [0.25, 0.3) is 0 Å². The molecule has 0 aliphatic carbocycles. The number of carbonyl (C=O) groups is 2. The molecule has 0 bridgehead atoms. The number of rotatable bonds is 2. The maximum Gasteiger partial charge on any atom is 0.324 e. The minimum absolute atomic E-state index is 0.121. The predicted molar refractivity (Wildman–Crippen MR) is 67.8 cm³/mol. The summed E-state index contributed by atoms with van der Waals surface area (Å²) < 4.78 is 0. The van der Waals surface area contributed by atoms with Crippen molar-refractivity contribution in [1.29, 1.82) is 0 Å². The summed E-state index contributed by atoms with van der Waals surface area (Å²) in [5.41, 5.74) is 1.29. The molecule has 1 heterocycles. The number of aliphatic carboxylic acids is 1. The molecule has 100 valence electrons. The smallest absolute Gasteiger partial charge is 0.324 e. The van der Waals surface area contributed by atoms with E-state index in [9.17, 15) is 14.7 Å². The van der Waals surface area contributed by atoms with Gasteiger partial charge >= 0.3 is 6.03 Å². The number of amides is 2. The van der Waals surface area contributed by atoms with Gasteiger partial charge in [0, 0.05) is 25.4 Å². The van der Waals surface area contributed by atoms with Crippen molar-refractivity contribution >= 4 is 12.0 Å². The first-order chi connectivity index (χ1) is 8.95. The lowest BCUT2D eigenvalue weighted by Crippen LogP contribution is -2.49. The molecule has 1 aromatic rings. The Labute approximate surface area is 111 Å². The number of carboxylic acid groups (broad SMARTS) is 1. The molecule has 2 amide bonds. The van der Waals surface area contributed by atoms with Gasteiger partial charge < -0.3 is 19.7 Å². The Bertz CT molecular complexity index is 551. The number of carbonyl (C=O) groups excluding carboxylic acids is 2. The molecule has 0 saturated heterocycles. The lowest BCUT2D eigenvalue weighted by atomic mass is 9.94. The van der Waals surface area contributed by atoms with Crippen molar-refractivity contribution in [2.24, 2.45) is 0 Å². The van der Waals surface area contributed by atoms with E-state index in [0.717, 1.165) is 5.56 Å². The first kappa shape index (κ1) is 13.1. The van der Waals surface area contributed by atoms with Crippen LogP contribution in [0.15, 0.2) is 41.6 Å². The zero-order valence-electron chi connectivity index (χ0n) is 11.1. The van der Waals surface area contributed by atoms with Crippen molar-refractivity contribution in [3.8, 4) is 0 Å². The van der Waals surface area contributed by atoms with Gasteiger partial charge in [-0.3, -0.25) is 0 Å². The lowest BCUT2D eigenvalue weighted by Gasteiger charge is -2.40. The molecule has 1 aromatic carbocycles. The van der Waals surface area contributed by atoms with Crippen LogP contribution in [0.3, 0.4) is 0 Å². The van der Waals surface area contributed by atoms with Crippen LogP contribution >= 0.6 is 0 Å². The Morgan fingerprint density at radius 2 is 1.79 bits per heavy atom. The molecular weight excluding hydrogens is 244 g/mol. The fourth-order valence-electron chi connectivity index (χ4n) is 2.35. The number of hydrogen-bond donors (Lipinski definition) is 0. The van der Waals surface area contributed by atoms with Crippen LogP contribution < -0.4 is 5.11 Å². The van der Waals surface area contributed by atoms with Crippen LogP contribution in [-0.4, -0.2) is 35.9 Å². The van der Waals surface area contributed by atoms with Gasteiger partial charge in [-0.2, -0.15) is 0 Å². The van der Waals surface area contributed by atoms with Crippen molar-refractivity contribution in [2.75, 3.05) is 14.1 Å². The third-order valence-corrected chi connectivity index (χ3v) is 3.48. The van der Waals surface area contributed by atoms with Crippen LogP contribution in [0.5, 0.6) is 0 Å². The fourth-order valence-corrected chi connectivity index (χ4v) is 2.35. The van der Waals surface area contributed by atoms with Crippen LogP contribution in [0.1, 0.15) is 18.5 Å². The molecule has 19 heavy (non-hydrogen) atoms. The number of allylic oxidation sites excluding steroid dienone is 1. The van der Waals surface area contributed by atoms with E-state index in [2.05, 4.69) is 0 Å². The standard InChI is InChI=1S/C14H16N2O3/c1-9-11(13(17)18)12(10-7-5-4-6-8-10)16(3)14(19)15(9)2/h4-8,12H,1-3H3,(H,17,18)/p-1/t12-/m1/s1. The maximum absolute atomic E-state index is 12.1. The summed E-state index contributed by atoms with van der Waals surface area (Å²) in [5, 5.41) is 11.4. The van der Waals surface area contributed by atoms with E-state index in [1.165, 1.54) is 9.80 Å². The lowest BCUT2D eigenvalue weighted by molar-refractivity contribution is -0.300. The van der Waals surface area contributed by atoms with Gasteiger partial charge in [-0.15, -0.1) is 0 Å². The van der Waals surface area contributed by atoms with Crippen LogP contribution in [0.2, 0.25) is 0 Å². The number of hydrogen-bond acceptors (Lipinski definition) is 3. The molecule has 0 aromatic heterocycles. The third kappa shape index (κ3) is 2.07. The summed E-state index contributed by atoms with van der Waals surface area (Å²) >= 11 is 0. The van der Waals surface area contributed by atoms with Gasteiger partial charge in [0.05, 0.1) is 12.0 Å². The summed E-state index contributed by atoms with van der Waals surface area (Å²) in [6, 6.07) is 8.22. The molecule has 2 rings (SSSR count). The van der Waals surface area contributed by atoms with Gasteiger partial charge in [0.15, 0.2) is 0 Å².